The van der Waals surface area contributed by atoms with E-state index in [0.29, 0.717) is 28.0 Å². The van der Waals surface area contributed by atoms with Gasteiger partial charge in [-0.25, -0.2) is 4.98 Å². The van der Waals surface area contributed by atoms with Gasteiger partial charge in [0, 0.05) is 22.5 Å². The van der Waals surface area contributed by atoms with Gasteiger partial charge in [-0.05, 0) is 37.3 Å². The largest absolute Gasteiger partial charge is 0.339 e. The van der Waals surface area contributed by atoms with Crippen LogP contribution in [0.5, 0.6) is 0 Å². The highest BCUT2D eigenvalue weighted by molar-refractivity contribution is 6.30. The highest BCUT2D eigenvalue weighted by atomic mass is 35.5. The second-order valence-corrected chi connectivity index (χ2v) is 5.57. The van der Waals surface area contributed by atoms with Gasteiger partial charge in [-0.1, -0.05) is 29.8 Å². The first-order chi connectivity index (χ1) is 11.6. The lowest BCUT2D eigenvalue weighted by atomic mass is 10.2. The minimum atomic E-state index is 0.453. The van der Waals surface area contributed by atoms with Gasteiger partial charge in [-0.2, -0.15) is 10.2 Å². The number of nitrogens with one attached hydrogen (secondary N) is 2. The number of rotatable bonds is 4. The van der Waals surface area contributed by atoms with Gasteiger partial charge in [0.1, 0.15) is 11.9 Å². The molecule has 0 spiro atoms. The first kappa shape index (κ1) is 15.8. The van der Waals surface area contributed by atoms with E-state index in [1.165, 1.54) is 0 Å². The molecule has 0 aliphatic carbocycles. The minimum Gasteiger partial charge on any atom is -0.339 e. The maximum atomic E-state index is 9.18. The van der Waals surface area contributed by atoms with E-state index in [1.807, 2.05) is 43.3 Å². The average molecular weight is 336 g/mol. The summed E-state index contributed by atoms with van der Waals surface area (Å²) in [7, 11) is 0. The Labute approximate surface area is 145 Å². The molecule has 0 fully saturated rings. The third-order valence-electron chi connectivity index (χ3n) is 3.25. The Morgan fingerprint density at radius 3 is 2.62 bits per heavy atom. The number of nitriles is 1. The number of anilines is 4. The molecule has 0 aliphatic rings. The molecule has 0 saturated carbocycles. The number of aromatic nitrogens is 2. The van der Waals surface area contributed by atoms with Gasteiger partial charge in [-0.3, -0.25) is 0 Å². The fourth-order valence-corrected chi connectivity index (χ4v) is 2.40. The summed E-state index contributed by atoms with van der Waals surface area (Å²) in [5.74, 6) is 1.06. The van der Waals surface area contributed by atoms with Gasteiger partial charge < -0.3 is 10.6 Å². The van der Waals surface area contributed by atoms with Crippen LogP contribution >= 0.6 is 11.6 Å². The molecular weight excluding hydrogens is 322 g/mol. The Morgan fingerprint density at radius 2 is 1.83 bits per heavy atom. The SMILES string of the molecule is Cc1cc(Nc2ccccc2C#N)nc(Nc2cccc(Cl)c2)n1. The van der Waals surface area contributed by atoms with Crippen molar-refractivity contribution in [3.63, 3.8) is 0 Å². The van der Waals surface area contributed by atoms with Crippen molar-refractivity contribution in [2.45, 2.75) is 6.92 Å². The Bertz CT molecular complexity index is 917. The smallest absolute Gasteiger partial charge is 0.229 e. The van der Waals surface area contributed by atoms with Gasteiger partial charge in [0.15, 0.2) is 0 Å². The van der Waals surface area contributed by atoms with E-state index >= 15 is 0 Å². The average Bonchev–Trinajstić information content (AvgIpc) is 2.55. The van der Waals surface area contributed by atoms with Gasteiger partial charge in [0.05, 0.1) is 11.3 Å². The summed E-state index contributed by atoms with van der Waals surface area (Å²) in [6.07, 6.45) is 0. The van der Waals surface area contributed by atoms with E-state index in [1.54, 1.807) is 18.2 Å². The summed E-state index contributed by atoms with van der Waals surface area (Å²) in [6, 6.07) is 18.6. The van der Waals surface area contributed by atoms with Crippen LogP contribution in [-0.2, 0) is 0 Å². The molecule has 0 radical (unpaired) electrons. The summed E-state index contributed by atoms with van der Waals surface area (Å²) in [6.45, 7) is 1.88. The Kier molecular flexibility index (Phi) is 4.59. The maximum Gasteiger partial charge on any atom is 0.229 e. The molecule has 3 rings (SSSR count). The van der Waals surface area contributed by atoms with Crippen molar-refractivity contribution in [3.8, 4) is 6.07 Å². The summed E-state index contributed by atoms with van der Waals surface area (Å²) in [5.41, 5.74) is 2.85. The van der Waals surface area contributed by atoms with Crippen LogP contribution in [0.25, 0.3) is 0 Å². The van der Waals surface area contributed by atoms with Crippen molar-refractivity contribution in [1.82, 2.24) is 9.97 Å². The molecule has 3 aromatic rings. The third-order valence-corrected chi connectivity index (χ3v) is 3.48. The number of para-hydroxylation sites is 1. The zero-order valence-corrected chi connectivity index (χ0v) is 13.7. The van der Waals surface area contributed by atoms with Crippen molar-refractivity contribution in [2.75, 3.05) is 10.6 Å². The molecule has 2 N–H and O–H groups in total. The summed E-state index contributed by atoms with van der Waals surface area (Å²) in [5, 5.41) is 16.1. The van der Waals surface area contributed by atoms with Gasteiger partial charge in [0.25, 0.3) is 0 Å². The lowest BCUT2D eigenvalue weighted by molar-refractivity contribution is 1.11. The predicted octanol–water partition coefficient (Wildman–Crippen LogP) is 4.80. The molecule has 0 unspecified atom stereocenters. The summed E-state index contributed by atoms with van der Waals surface area (Å²) in [4.78, 5) is 8.82. The van der Waals surface area contributed by atoms with Crippen molar-refractivity contribution < 1.29 is 0 Å². The fourth-order valence-electron chi connectivity index (χ4n) is 2.21. The van der Waals surface area contributed by atoms with E-state index in [4.69, 9.17) is 11.6 Å². The molecular formula is C18H14ClN5. The molecule has 0 aliphatic heterocycles. The van der Waals surface area contributed by atoms with Crippen LogP contribution in [0.4, 0.5) is 23.1 Å². The van der Waals surface area contributed by atoms with Crippen LogP contribution in [0.15, 0.2) is 54.6 Å². The van der Waals surface area contributed by atoms with Crippen LogP contribution in [0.3, 0.4) is 0 Å². The quantitative estimate of drug-likeness (QED) is 0.716. The third kappa shape index (κ3) is 3.80. The number of aryl methyl sites for hydroxylation is 1. The molecule has 1 heterocycles. The lowest BCUT2D eigenvalue weighted by Crippen LogP contribution is -2.03. The molecule has 118 valence electrons. The standard InChI is InChI=1S/C18H14ClN5/c1-12-9-17(23-16-8-3-2-5-13(16)11-20)24-18(21-12)22-15-7-4-6-14(19)10-15/h2-10H,1H3,(H2,21,22,23,24). The summed E-state index contributed by atoms with van der Waals surface area (Å²) >= 11 is 5.99. The molecule has 1 aromatic heterocycles. The highest BCUT2D eigenvalue weighted by Gasteiger charge is 2.06. The van der Waals surface area contributed by atoms with Gasteiger partial charge >= 0.3 is 0 Å². The molecule has 24 heavy (non-hydrogen) atoms. The molecule has 2 aromatic carbocycles. The zero-order valence-electron chi connectivity index (χ0n) is 12.9. The van der Waals surface area contributed by atoms with E-state index < -0.39 is 0 Å². The Balaban J connectivity index is 1.88. The first-order valence-corrected chi connectivity index (χ1v) is 7.66. The van der Waals surface area contributed by atoms with Crippen molar-refractivity contribution in [1.29, 1.82) is 5.26 Å². The lowest BCUT2D eigenvalue weighted by Gasteiger charge is -2.11. The first-order valence-electron chi connectivity index (χ1n) is 7.28. The minimum absolute atomic E-state index is 0.453. The van der Waals surface area contributed by atoms with Crippen molar-refractivity contribution >= 4 is 34.7 Å². The molecule has 0 amide bonds. The van der Waals surface area contributed by atoms with Crippen LogP contribution in [0.1, 0.15) is 11.3 Å². The van der Waals surface area contributed by atoms with E-state index in [-0.39, 0.29) is 0 Å². The van der Waals surface area contributed by atoms with E-state index in [9.17, 15) is 5.26 Å². The zero-order chi connectivity index (χ0) is 16.9. The monoisotopic (exact) mass is 335 g/mol. The topological polar surface area (TPSA) is 73.6 Å². The molecule has 5 nitrogen and oxygen atoms in total. The Morgan fingerprint density at radius 1 is 1.00 bits per heavy atom. The van der Waals surface area contributed by atoms with Crippen molar-refractivity contribution in [3.05, 3.63) is 70.9 Å². The number of halogens is 1. The van der Waals surface area contributed by atoms with Gasteiger partial charge in [-0.15, -0.1) is 0 Å². The van der Waals surface area contributed by atoms with Crippen LogP contribution in [0, 0.1) is 18.3 Å². The number of benzene rings is 2. The predicted molar refractivity (Wildman–Crippen MR) is 95.9 cm³/mol. The van der Waals surface area contributed by atoms with Gasteiger partial charge in [0.2, 0.25) is 5.95 Å². The van der Waals surface area contributed by atoms with E-state index in [0.717, 1.165) is 11.4 Å². The number of hydrogen-bond donors (Lipinski definition) is 2. The number of hydrogen-bond acceptors (Lipinski definition) is 5. The maximum absolute atomic E-state index is 9.18. The molecule has 0 bridgehead atoms. The molecule has 0 saturated heterocycles. The fraction of sp³-hybridized carbons (Fsp3) is 0.0556. The van der Waals surface area contributed by atoms with E-state index in [2.05, 4.69) is 26.7 Å². The molecule has 0 atom stereocenters. The van der Waals surface area contributed by atoms with Crippen LogP contribution < -0.4 is 10.6 Å². The van der Waals surface area contributed by atoms with Crippen LogP contribution in [0.2, 0.25) is 5.02 Å². The van der Waals surface area contributed by atoms with Crippen molar-refractivity contribution in [2.24, 2.45) is 0 Å². The van der Waals surface area contributed by atoms with Crippen LogP contribution in [-0.4, -0.2) is 9.97 Å². The summed E-state index contributed by atoms with van der Waals surface area (Å²) < 4.78 is 0. The second kappa shape index (κ2) is 6.99. The second-order valence-electron chi connectivity index (χ2n) is 5.14. The number of nitrogens with zero attached hydrogens (tertiary/aromatic N) is 3. The highest BCUT2D eigenvalue weighted by Crippen LogP contribution is 2.22. The normalized spacial score (nSPS) is 10.0. The Hall–Kier alpha value is -3.10. The molecule has 6 heteroatoms.